The fraction of sp³-hybridized carbons (Fsp3) is 0.667. The van der Waals surface area contributed by atoms with Crippen LogP contribution in [0.4, 0.5) is 0 Å². The Kier molecular flexibility index (Phi) is 6.03. The van der Waals surface area contributed by atoms with Crippen molar-refractivity contribution in [2.24, 2.45) is 13.0 Å². The first-order valence-corrected chi connectivity index (χ1v) is 9.22. The second-order valence-corrected chi connectivity index (χ2v) is 7.09. The third-order valence-corrected chi connectivity index (χ3v) is 4.82. The maximum absolute atomic E-state index is 12.6. The number of aromatic nitrogens is 4. The number of nitrogens with one attached hydrogen (secondary N) is 1. The molecule has 2 aromatic rings. The maximum Gasteiger partial charge on any atom is 0.249 e. The van der Waals surface area contributed by atoms with Gasteiger partial charge in [-0.25, -0.2) is 0 Å². The Labute approximate surface area is 153 Å². The van der Waals surface area contributed by atoms with E-state index in [-0.39, 0.29) is 23.8 Å². The zero-order valence-electron chi connectivity index (χ0n) is 15.6. The highest BCUT2D eigenvalue weighted by molar-refractivity contribution is 5.76. The van der Waals surface area contributed by atoms with E-state index in [1.807, 2.05) is 27.0 Å². The van der Waals surface area contributed by atoms with E-state index in [0.717, 1.165) is 18.5 Å². The molecule has 0 radical (unpaired) electrons. The van der Waals surface area contributed by atoms with Gasteiger partial charge in [-0.3, -0.25) is 9.48 Å². The predicted molar refractivity (Wildman–Crippen MR) is 94.3 cm³/mol. The van der Waals surface area contributed by atoms with E-state index in [9.17, 15) is 4.79 Å². The zero-order chi connectivity index (χ0) is 18.5. The van der Waals surface area contributed by atoms with Crippen molar-refractivity contribution < 1.29 is 14.1 Å². The number of amides is 1. The van der Waals surface area contributed by atoms with Gasteiger partial charge in [0.05, 0.1) is 0 Å². The summed E-state index contributed by atoms with van der Waals surface area (Å²) in [6.45, 7) is 5.42. The average Bonchev–Trinajstić information content (AvgIpc) is 3.28. The summed E-state index contributed by atoms with van der Waals surface area (Å²) in [6, 6.07) is 1.66. The lowest BCUT2D eigenvalue weighted by atomic mass is 9.91. The summed E-state index contributed by atoms with van der Waals surface area (Å²) in [7, 11) is 1.88. The number of carbonyl (C=O) groups is 1. The maximum atomic E-state index is 12.6. The Morgan fingerprint density at radius 1 is 1.38 bits per heavy atom. The molecule has 3 heterocycles. The van der Waals surface area contributed by atoms with Crippen LogP contribution >= 0.6 is 0 Å². The normalized spacial score (nSPS) is 16.8. The predicted octanol–water partition coefficient (Wildman–Crippen LogP) is 2.14. The van der Waals surface area contributed by atoms with Gasteiger partial charge in [-0.05, 0) is 31.2 Å². The number of ether oxygens (including phenoxy) is 1. The van der Waals surface area contributed by atoms with Crippen molar-refractivity contribution in [2.45, 2.75) is 51.5 Å². The fourth-order valence-corrected chi connectivity index (χ4v) is 3.17. The SMILES string of the molecule is CC(C)c1noc([C@@H](NC(=O)CCc2ccnn2C)C2CCOCC2)n1. The van der Waals surface area contributed by atoms with Crippen LogP contribution in [0.5, 0.6) is 0 Å². The van der Waals surface area contributed by atoms with Crippen LogP contribution in [0, 0.1) is 5.92 Å². The molecule has 2 aromatic heterocycles. The number of carbonyl (C=O) groups excluding carboxylic acids is 1. The first kappa shape index (κ1) is 18.6. The number of nitrogens with zero attached hydrogens (tertiary/aromatic N) is 4. The molecule has 0 aromatic carbocycles. The molecule has 0 aliphatic carbocycles. The lowest BCUT2D eigenvalue weighted by Crippen LogP contribution is -2.36. The highest BCUT2D eigenvalue weighted by Crippen LogP contribution is 2.30. The van der Waals surface area contributed by atoms with Crippen LogP contribution in [0.1, 0.15) is 62.5 Å². The van der Waals surface area contributed by atoms with Gasteiger partial charge < -0.3 is 14.6 Å². The minimum Gasteiger partial charge on any atom is -0.381 e. The van der Waals surface area contributed by atoms with Crippen molar-refractivity contribution in [1.82, 2.24) is 25.2 Å². The van der Waals surface area contributed by atoms with E-state index < -0.39 is 0 Å². The lowest BCUT2D eigenvalue weighted by Gasteiger charge is -2.28. The standard InChI is InChI=1S/C18H27N5O3/c1-12(2)17-21-18(26-22-17)16(13-7-10-25-11-8-13)20-15(24)5-4-14-6-9-19-23(14)3/h6,9,12-13,16H,4-5,7-8,10-11H2,1-3H3,(H,20,24)/t16-/m0/s1. The van der Waals surface area contributed by atoms with Crippen LogP contribution in [0.3, 0.4) is 0 Å². The molecule has 1 fully saturated rings. The Morgan fingerprint density at radius 3 is 2.77 bits per heavy atom. The number of hydrogen-bond acceptors (Lipinski definition) is 6. The monoisotopic (exact) mass is 361 g/mol. The molecule has 0 unspecified atom stereocenters. The van der Waals surface area contributed by atoms with Crippen molar-refractivity contribution in [2.75, 3.05) is 13.2 Å². The molecule has 1 atom stereocenters. The molecule has 1 aliphatic heterocycles. The average molecular weight is 361 g/mol. The van der Waals surface area contributed by atoms with Crippen LogP contribution in [0.25, 0.3) is 0 Å². The molecule has 3 rings (SSSR count). The third-order valence-electron chi connectivity index (χ3n) is 4.82. The minimum absolute atomic E-state index is 0.0213. The van der Waals surface area contributed by atoms with Gasteiger partial charge in [0, 0.05) is 44.5 Å². The first-order chi connectivity index (χ1) is 12.5. The molecule has 1 aliphatic rings. The summed E-state index contributed by atoms with van der Waals surface area (Å²) in [4.78, 5) is 17.1. The van der Waals surface area contributed by atoms with Crippen molar-refractivity contribution >= 4 is 5.91 Å². The van der Waals surface area contributed by atoms with Crippen molar-refractivity contribution in [3.8, 4) is 0 Å². The molecular formula is C18H27N5O3. The Morgan fingerprint density at radius 2 is 2.15 bits per heavy atom. The van der Waals surface area contributed by atoms with Crippen molar-refractivity contribution in [3.05, 3.63) is 29.7 Å². The highest BCUT2D eigenvalue weighted by atomic mass is 16.5. The van der Waals surface area contributed by atoms with Gasteiger partial charge in [-0.2, -0.15) is 10.1 Å². The van der Waals surface area contributed by atoms with Crippen molar-refractivity contribution in [3.63, 3.8) is 0 Å². The molecule has 0 bridgehead atoms. The quantitative estimate of drug-likeness (QED) is 0.812. The number of hydrogen-bond donors (Lipinski definition) is 1. The van der Waals surface area contributed by atoms with Crippen molar-refractivity contribution in [1.29, 1.82) is 0 Å². The van der Waals surface area contributed by atoms with E-state index in [2.05, 4.69) is 20.6 Å². The van der Waals surface area contributed by atoms with Gasteiger partial charge in [0.25, 0.3) is 0 Å². The summed E-state index contributed by atoms with van der Waals surface area (Å²) < 4.78 is 12.7. The highest BCUT2D eigenvalue weighted by Gasteiger charge is 2.31. The second kappa shape index (κ2) is 8.44. The number of rotatable bonds is 7. The molecular weight excluding hydrogens is 334 g/mol. The van der Waals surface area contributed by atoms with Gasteiger partial charge >= 0.3 is 0 Å². The van der Waals surface area contributed by atoms with Gasteiger partial charge in [0.2, 0.25) is 11.8 Å². The topological polar surface area (TPSA) is 95.1 Å². The Hall–Kier alpha value is -2.22. The molecule has 1 N–H and O–H groups in total. The fourth-order valence-electron chi connectivity index (χ4n) is 3.17. The molecule has 1 amide bonds. The second-order valence-electron chi connectivity index (χ2n) is 7.09. The smallest absolute Gasteiger partial charge is 0.249 e. The van der Waals surface area contributed by atoms with E-state index >= 15 is 0 Å². The summed E-state index contributed by atoms with van der Waals surface area (Å²) in [6.07, 6.45) is 4.51. The van der Waals surface area contributed by atoms with E-state index in [4.69, 9.17) is 9.26 Å². The molecule has 8 nitrogen and oxygen atoms in total. The van der Waals surface area contributed by atoms with Crippen LogP contribution in [0.2, 0.25) is 0 Å². The molecule has 142 valence electrons. The van der Waals surface area contributed by atoms with Gasteiger partial charge in [-0.1, -0.05) is 19.0 Å². The van der Waals surface area contributed by atoms with E-state index in [1.165, 1.54) is 0 Å². The van der Waals surface area contributed by atoms with Crippen LogP contribution in [0.15, 0.2) is 16.8 Å². The first-order valence-electron chi connectivity index (χ1n) is 9.22. The van der Waals surface area contributed by atoms with Crippen LogP contribution in [-0.2, 0) is 23.0 Å². The molecule has 1 saturated heterocycles. The summed E-state index contributed by atoms with van der Waals surface area (Å²) >= 11 is 0. The van der Waals surface area contributed by atoms with E-state index in [0.29, 0.717) is 37.8 Å². The summed E-state index contributed by atoms with van der Waals surface area (Å²) in [5.74, 6) is 1.57. The van der Waals surface area contributed by atoms with Crippen LogP contribution < -0.4 is 5.32 Å². The Bertz CT molecular complexity index is 718. The summed E-state index contributed by atoms with van der Waals surface area (Å²) in [5.41, 5.74) is 1.03. The minimum atomic E-state index is -0.266. The summed E-state index contributed by atoms with van der Waals surface area (Å²) in [5, 5.41) is 11.3. The van der Waals surface area contributed by atoms with Gasteiger partial charge in [0.1, 0.15) is 6.04 Å². The number of aryl methyl sites for hydroxylation is 2. The van der Waals surface area contributed by atoms with Crippen LogP contribution in [-0.4, -0.2) is 39.0 Å². The Balaban J connectivity index is 1.68. The van der Waals surface area contributed by atoms with Gasteiger partial charge in [-0.15, -0.1) is 0 Å². The zero-order valence-corrected chi connectivity index (χ0v) is 15.6. The molecule has 0 saturated carbocycles. The molecule has 8 heteroatoms. The third kappa shape index (κ3) is 4.49. The lowest BCUT2D eigenvalue weighted by molar-refractivity contribution is -0.122. The molecule has 0 spiro atoms. The largest absolute Gasteiger partial charge is 0.381 e. The van der Waals surface area contributed by atoms with E-state index in [1.54, 1.807) is 10.9 Å². The molecule has 26 heavy (non-hydrogen) atoms. The van der Waals surface area contributed by atoms with Gasteiger partial charge in [0.15, 0.2) is 5.82 Å².